The summed E-state index contributed by atoms with van der Waals surface area (Å²) >= 11 is 0. The van der Waals surface area contributed by atoms with Crippen molar-refractivity contribution in [1.82, 2.24) is 9.80 Å². The Balaban J connectivity index is 1.36. The molecule has 0 radical (unpaired) electrons. The highest BCUT2D eigenvalue weighted by Crippen LogP contribution is 2.24. The SMILES string of the molecule is CC(=O)Nc1ccc(NC(=O)c2ccc(CN3CC(=O)N4CCCC[C@@H]4C3=O)cc2)cc1. The van der Waals surface area contributed by atoms with Crippen LogP contribution in [0.3, 0.4) is 0 Å². The molecule has 8 nitrogen and oxygen atoms in total. The summed E-state index contributed by atoms with van der Waals surface area (Å²) in [6, 6.07) is 13.6. The van der Waals surface area contributed by atoms with Crippen molar-refractivity contribution in [3.63, 3.8) is 0 Å². The minimum absolute atomic E-state index is 0.00818. The fourth-order valence-corrected chi connectivity index (χ4v) is 4.19. The Morgan fingerprint density at radius 3 is 2.25 bits per heavy atom. The van der Waals surface area contributed by atoms with E-state index >= 15 is 0 Å². The van der Waals surface area contributed by atoms with Crippen LogP contribution in [0.4, 0.5) is 11.4 Å². The second kappa shape index (κ2) is 9.21. The first kappa shape index (κ1) is 21.5. The molecule has 166 valence electrons. The molecule has 4 rings (SSSR count). The van der Waals surface area contributed by atoms with E-state index in [1.807, 2.05) is 0 Å². The molecule has 0 aliphatic carbocycles. The van der Waals surface area contributed by atoms with Crippen LogP contribution in [0.2, 0.25) is 0 Å². The van der Waals surface area contributed by atoms with Gasteiger partial charge in [-0.15, -0.1) is 0 Å². The second-order valence-electron chi connectivity index (χ2n) is 8.20. The number of carbonyl (C=O) groups excluding carboxylic acids is 4. The minimum Gasteiger partial charge on any atom is -0.329 e. The number of rotatable bonds is 5. The quantitative estimate of drug-likeness (QED) is 0.756. The van der Waals surface area contributed by atoms with Crippen molar-refractivity contribution in [1.29, 1.82) is 0 Å². The van der Waals surface area contributed by atoms with Gasteiger partial charge in [0.25, 0.3) is 5.91 Å². The summed E-state index contributed by atoms with van der Waals surface area (Å²) in [6.45, 7) is 2.55. The molecule has 1 atom stereocenters. The molecule has 32 heavy (non-hydrogen) atoms. The number of benzene rings is 2. The molecule has 0 bridgehead atoms. The summed E-state index contributed by atoms with van der Waals surface area (Å²) in [5.41, 5.74) is 2.62. The summed E-state index contributed by atoms with van der Waals surface area (Å²) in [5, 5.41) is 5.49. The maximum absolute atomic E-state index is 12.8. The largest absolute Gasteiger partial charge is 0.329 e. The molecular weight excluding hydrogens is 408 g/mol. The van der Waals surface area contributed by atoms with Gasteiger partial charge in [-0.2, -0.15) is 0 Å². The zero-order valence-corrected chi connectivity index (χ0v) is 18.0. The average molecular weight is 434 g/mol. The van der Waals surface area contributed by atoms with Crippen molar-refractivity contribution in [3.8, 4) is 0 Å². The van der Waals surface area contributed by atoms with Gasteiger partial charge < -0.3 is 20.4 Å². The molecule has 4 amide bonds. The highest BCUT2D eigenvalue weighted by atomic mass is 16.2. The van der Waals surface area contributed by atoms with Gasteiger partial charge in [-0.25, -0.2) is 0 Å². The number of nitrogens with zero attached hydrogens (tertiary/aromatic N) is 2. The molecule has 2 aliphatic rings. The van der Waals surface area contributed by atoms with E-state index in [-0.39, 0.29) is 36.2 Å². The van der Waals surface area contributed by atoms with E-state index < -0.39 is 0 Å². The highest BCUT2D eigenvalue weighted by Gasteiger charge is 2.40. The fourth-order valence-electron chi connectivity index (χ4n) is 4.19. The summed E-state index contributed by atoms with van der Waals surface area (Å²) in [4.78, 5) is 52.2. The molecule has 0 saturated carbocycles. The van der Waals surface area contributed by atoms with E-state index in [9.17, 15) is 19.2 Å². The molecule has 2 heterocycles. The first-order chi connectivity index (χ1) is 15.4. The van der Waals surface area contributed by atoms with E-state index in [2.05, 4.69) is 10.6 Å². The van der Waals surface area contributed by atoms with Crippen LogP contribution >= 0.6 is 0 Å². The molecule has 2 saturated heterocycles. The van der Waals surface area contributed by atoms with Gasteiger partial charge in [-0.3, -0.25) is 19.2 Å². The molecule has 2 aromatic rings. The van der Waals surface area contributed by atoms with Crippen molar-refractivity contribution in [2.75, 3.05) is 23.7 Å². The van der Waals surface area contributed by atoms with E-state index in [0.717, 1.165) is 24.8 Å². The number of piperidine rings is 1. The Kier molecular flexibility index (Phi) is 6.20. The molecular formula is C24H26N4O4. The van der Waals surface area contributed by atoms with Crippen molar-refractivity contribution >= 4 is 35.0 Å². The van der Waals surface area contributed by atoms with Crippen LogP contribution < -0.4 is 10.6 Å². The molecule has 0 unspecified atom stereocenters. The summed E-state index contributed by atoms with van der Waals surface area (Å²) in [5.74, 6) is -0.400. The van der Waals surface area contributed by atoms with Gasteiger partial charge in [-0.05, 0) is 61.2 Å². The predicted molar refractivity (Wildman–Crippen MR) is 120 cm³/mol. The molecule has 2 N–H and O–H groups in total. The Labute approximate surface area is 186 Å². The van der Waals surface area contributed by atoms with Gasteiger partial charge in [0, 0.05) is 37.0 Å². The number of carbonyl (C=O) groups is 4. The number of hydrogen-bond acceptors (Lipinski definition) is 4. The van der Waals surface area contributed by atoms with E-state index in [0.29, 0.717) is 30.0 Å². The van der Waals surface area contributed by atoms with Gasteiger partial charge in [0.1, 0.15) is 12.6 Å². The van der Waals surface area contributed by atoms with E-state index in [1.54, 1.807) is 58.3 Å². The Morgan fingerprint density at radius 2 is 1.59 bits per heavy atom. The molecule has 0 spiro atoms. The number of nitrogens with one attached hydrogen (secondary N) is 2. The van der Waals surface area contributed by atoms with Gasteiger partial charge in [0.05, 0.1) is 0 Å². The lowest BCUT2D eigenvalue weighted by molar-refractivity contribution is -0.158. The number of fused-ring (bicyclic) bond motifs is 1. The van der Waals surface area contributed by atoms with Crippen molar-refractivity contribution in [2.24, 2.45) is 0 Å². The first-order valence-corrected chi connectivity index (χ1v) is 10.8. The number of amides is 4. The lowest BCUT2D eigenvalue weighted by atomic mass is 9.98. The molecule has 8 heteroatoms. The topological polar surface area (TPSA) is 98.8 Å². The number of hydrogen-bond donors (Lipinski definition) is 2. The number of anilines is 2. The van der Waals surface area contributed by atoms with Crippen LogP contribution in [0.5, 0.6) is 0 Å². The normalized spacial score (nSPS) is 18.2. The standard InChI is InChI=1S/C24H26N4O4/c1-16(29)25-19-9-11-20(12-10-19)26-23(31)18-7-5-17(6-8-18)14-27-15-22(30)28-13-3-2-4-21(28)24(27)32/h5-12,21H,2-4,13-15H2,1H3,(H,25,29)(H,26,31)/t21-/m1/s1. The van der Waals surface area contributed by atoms with Gasteiger partial charge >= 0.3 is 0 Å². The van der Waals surface area contributed by atoms with Gasteiger partial charge in [0.15, 0.2) is 0 Å². The average Bonchev–Trinajstić information content (AvgIpc) is 2.79. The van der Waals surface area contributed by atoms with Gasteiger partial charge in [0.2, 0.25) is 17.7 Å². The molecule has 2 aliphatic heterocycles. The highest BCUT2D eigenvalue weighted by molar-refractivity contribution is 6.04. The third kappa shape index (κ3) is 4.80. The first-order valence-electron chi connectivity index (χ1n) is 10.8. The predicted octanol–water partition coefficient (Wildman–Crippen LogP) is 2.62. The van der Waals surface area contributed by atoms with Crippen molar-refractivity contribution in [2.45, 2.75) is 38.8 Å². The zero-order valence-electron chi connectivity index (χ0n) is 18.0. The summed E-state index contributed by atoms with van der Waals surface area (Å²) in [7, 11) is 0. The Morgan fingerprint density at radius 1 is 0.938 bits per heavy atom. The van der Waals surface area contributed by atoms with E-state index in [1.165, 1.54) is 6.92 Å². The molecule has 2 fully saturated rings. The Bertz CT molecular complexity index is 1030. The maximum atomic E-state index is 12.8. The van der Waals surface area contributed by atoms with E-state index in [4.69, 9.17) is 0 Å². The van der Waals surface area contributed by atoms with Crippen molar-refractivity contribution < 1.29 is 19.2 Å². The molecule has 2 aromatic carbocycles. The third-order valence-corrected chi connectivity index (χ3v) is 5.80. The van der Waals surface area contributed by atoms with Crippen molar-refractivity contribution in [3.05, 3.63) is 59.7 Å². The number of piperazine rings is 1. The van der Waals surface area contributed by atoms with Crippen LogP contribution in [0.1, 0.15) is 42.1 Å². The van der Waals surface area contributed by atoms with Crippen LogP contribution in [0.25, 0.3) is 0 Å². The van der Waals surface area contributed by atoms with Crippen LogP contribution in [0.15, 0.2) is 48.5 Å². The monoisotopic (exact) mass is 434 g/mol. The minimum atomic E-state index is -0.327. The smallest absolute Gasteiger partial charge is 0.255 e. The lowest BCUT2D eigenvalue weighted by Gasteiger charge is -2.42. The third-order valence-electron chi connectivity index (χ3n) is 5.80. The summed E-state index contributed by atoms with van der Waals surface area (Å²) in [6.07, 6.45) is 2.65. The van der Waals surface area contributed by atoms with Crippen LogP contribution in [0, 0.1) is 0 Å². The molecule has 0 aromatic heterocycles. The lowest BCUT2D eigenvalue weighted by Crippen LogP contribution is -2.60. The maximum Gasteiger partial charge on any atom is 0.255 e. The van der Waals surface area contributed by atoms with Crippen LogP contribution in [-0.4, -0.2) is 52.6 Å². The zero-order chi connectivity index (χ0) is 22.7. The summed E-state index contributed by atoms with van der Waals surface area (Å²) < 4.78 is 0. The Hall–Kier alpha value is -3.68. The van der Waals surface area contributed by atoms with Crippen LogP contribution in [-0.2, 0) is 20.9 Å². The van der Waals surface area contributed by atoms with Gasteiger partial charge in [-0.1, -0.05) is 12.1 Å². The fraction of sp³-hybridized carbons (Fsp3) is 0.333. The second-order valence-corrected chi connectivity index (χ2v) is 8.20.